The standard InChI is InChI=1S/C11H16N2O4S/c1-18(15,16)10-5-4-9(17-10)11(14)13-8-3-2-6-12-7-8/h4-5,8,12H,2-3,6-7H2,1H3,(H,13,14)/t8-/m0/s1. The summed E-state index contributed by atoms with van der Waals surface area (Å²) in [5.41, 5.74) is 0. The van der Waals surface area contributed by atoms with E-state index < -0.39 is 9.84 Å². The van der Waals surface area contributed by atoms with Crippen molar-refractivity contribution >= 4 is 15.7 Å². The van der Waals surface area contributed by atoms with Crippen molar-refractivity contribution in [1.29, 1.82) is 0 Å². The second-order valence-corrected chi connectivity index (χ2v) is 6.35. The Morgan fingerprint density at radius 2 is 2.28 bits per heavy atom. The van der Waals surface area contributed by atoms with Crippen LogP contribution in [0.2, 0.25) is 0 Å². The first kappa shape index (κ1) is 13.1. The van der Waals surface area contributed by atoms with Crippen molar-refractivity contribution in [3.05, 3.63) is 17.9 Å². The Morgan fingerprint density at radius 1 is 1.50 bits per heavy atom. The molecule has 1 atom stereocenters. The van der Waals surface area contributed by atoms with Crippen LogP contribution in [0, 0.1) is 0 Å². The minimum absolute atomic E-state index is 0.0287. The van der Waals surface area contributed by atoms with Gasteiger partial charge in [-0.25, -0.2) is 8.42 Å². The summed E-state index contributed by atoms with van der Waals surface area (Å²) < 4.78 is 27.5. The quantitative estimate of drug-likeness (QED) is 0.818. The van der Waals surface area contributed by atoms with Gasteiger partial charge in [-0.05, 0) is 31.5 Å². The molecule has 6 nitrogen and oxygen atoms in total. The van der Waals surface area contributed by atoms with E-state index in [0.717, 1.165) is 32.2 Å². The fraction of sp³-hybridized carbons (Fsp3) is 0.545. The van der Waals surface area contributed by atoms with Crippen LogP contribution in [-0.2, 0) is 9.84 Å². The van der Waals surface area contributed by atoms with Gasteiger partial charge in [0, 0.05) is 18.8 Å². The summed E-state index contributed by atoms with van der Waals surface area (Å²) in [5.74, 6) is -0.348. The number of sulfone groups is 1. The molecule has 1 aliphatic rings. The normalized spacial score (nSPS) is 20.6. The first-order valence-corrected chi connectivity index (χ1v) is 7.67. The summed E-state index contributed by atoms with van der Waals surface area (Å²) in [6.45, 7) is 1.69. The van der Waals surface area contributed by atoms with Gasteiger partial charge in [0.2, 0.25) is 14.9 Å². The Balaban J connectivity index is 2.02. The molecule has 0 radical (unpaired) electrons. The van der Waals surface area contributed by atoms with Gasteiger partial charge in [-0.3, -0.25) is 4.79 Å². The molecule has 0 bridgehead atoms. The van der Waals surface area contributed by atoms with Crippen molar-refractivity contribution < 1.29 is 17.6 Å². The van der Waals surface area contributed by atoms with E-state index in [1.807, 2.05) is 0 Å². The second-order valence-electron chi connectivity index (χ2n) is 4.41. The summed E-state index contributed by atoms with van der Waals surface area (Å²) >= 11 is 0. The first-order chi connectivity index (χ1) is 8.47. The van der Waals surface area contributed by atoms with Gasteiger partial charge >= 0.3 is 0 Å². The van der Waals surface area contributed by atoms with E-state index in [1.165, 1.54) is 12.1 Å². The van der Waals surface area contributed by atoms with Gasteiger partial charge in [-0.15, -0.1) is 0 Å². The van der Waals surface area contributed by atoms with E-state index >= 15 is 0 Å². The van der Waals surface area contributed by atoms with Gasteiger partial charge in [-0.2, -0.15) is 0 Å². The van der Waals surface area contributed by atoms with Crippen LogP contribution in [0.5, 0.6) is 0 Å². The van der Waals surface area contributed by atoms with Crippen LogP contribution in [0.4, 0.5) is 0 Å². The predicted molar refractivity (Wildman–Crippen MR) is 65.2 cm³/mol. The molecule has 1 saturated heterocycles. The smallest absolute Gasteiger partial charge is 0.287 e. The highest BCUT2D eigenvalue weighted by molar-refractivity contribution is 7.90. The van der Waals surface area contributed by atoms with Gasteiger partial charge in [0.25, 0.3) is 5.91 Å². The molecule has 1 fully saturated rings. The van der Waals surface area contributed by atoms with Crippen LogP contribution in [0.15, 0.2) is 21.6 Å². The van der Waals surface area contributed by atoms with Crippen LogP contribution in [-0.4, -0.2) is 39.7 Å². The zero-order valence-corrected chi connectivity index (χ0v) is 10.9. The van der Waals surface area contributed by atoms with Crippen molar-refractivity contribution in [3.63, 3.8) is 0 Å². The van der Waals surface area contributed by atoms with E-state index in [2.05, 4.69) is 10.6 Å². The minimum Gasteiger partial charge on any atom is -0.440 e. The molecular weight excluding hydrogens is 256 g/mol. The second kappa shape index (κ2) is 5.11. The highest BCUT2D eigenvalue weighted by atomic mass is 32.2. The maximum Gasteiger partial charge on any atom is 0.287 e. The van der Waals surface area contributed by atoms with Gasteiger partial charge < -0.3 is 15.1 Å². The molecule has 1 aliphatic heterocycles. The maximum absolute atomic E-state index is 11.8. The molecule has 18 heavy (non-hydrogen) atoms. The largest absolute Gasteiger partial charge is 0.440 e. The van der Waals surface area contributed by atoms with Crippen molar-refractivity contribution in [3.8, 4) is 0 Å². The molecular formula is C11H16N2O4S. The Morgan fingerprint density at radius 3 is 2.83 bits per heavy atom. The van der Waals surface area contributed by atoms with E-state index in [1.54, 1.807) is 0 Å². The number of hydrogen-bond acceptors (Lipinski definition) is 5. The molecule has 0 unspecified atom stereocenters. The third-order valence-electron chi connectivity index (χ3n) is 2.80. The highest BCUT2D eigenvalue weighted by Crippen LogP contribution is 2.14. The number of amides is 1. The number of furan rings is 1. The number of piperidine rings is 1. The van der Waals surface area contributed by atoms with Crippen LogP contribution in [0.3, 0.4) is 0 Å². The number of hydrogen-bond donors (Lipinski definition) is 2. The Bertz CT molecular complexity index is 529. The van der Waals surface area contributed by atoms with Gasteiger partial charge in [0.1, 0.15) is 0 Å². The number of carbonyl (C=O) groups is 1. The zero-order chi connectivity index (χ0) is 13.2. The van der Waals surface area contributed by atoms with Crippen molar-refractivity contribution in [2.75, 3.05) is 19.3 Å². The molecule has 100 valence electrons. The lowest BCUT2D eigenvalue weighted by molar-refractivity contribution is 0.0897. The fourth-order valence-corrected chi connectivity index (χ4v) is 2.43. The summed E-state index contributed by atoms with van der Waals surface area (Å²) in [6, 6.07) is 2.74. The molecule has 1 amide bonds. The highest BCUT2D eigenvalue weighted by Gasteiger charge is 2.20. The topological polar surface area (TPSA) is 88.4 Å². The lowest BCUT2D eigenvalue weighted by Gasteiger charge is -2.23. The van der Waals surface area contributed by atoms with Gasteiger partial charge in [-0.1, -0.05) is 0 Å². The average Bonchev–Trinajstić information content (AvgIpc) is 2.79. The van der Waals surface area contributed by atoms with Crippen molar-refractivity contribution in [2.24, 2.45) is 0 Å². The van der Waals surface area contributed by atoms with Crippen LogP contribution >= 0.6 is 0 Å². The van der Waals surface area contributed by atoms with E-state index in [-0.39, 0.29) is 22.8 Å². The van der Waals surface area contributed by atoms with Crippen molar-refractivity contribution in [2.45, 2.75) is 24.0 Å². The monoisotopic (exact) mass is 272 g/mol. The number of nitrogens with one attached hydrogen (secondary N) is 2. The molecule has 2 heterocycles. The van der Waals surface area contributed by atoms with Crippen molar-refractivity contribution in [1.82, 2.24) is 10.6 Å². The van der Waals surface area contributed by atoms with Crippen LogP contribution in [0.25, 0.3) is 0 Å². The first-order valence-electron chi connectivity index (χ1n) is 5.78. The lowest BCUT2D eigenvalue weighted by Crippen LogP contribution is -2.45. The molecule has 0 aromatic carbocycles. The van der Waals surface area contributed by atoms with E-state index in [4.69, 9.17) is 4.42 Å². The van der Waals surface area contributed by atoms with E-state index in [9.17, 15) is 13.2 Å². The average molecular weight is 272 g/mol. The Labute approximate surface area is 106 Å². The SMILES string of the molecule is CS(=O)(=O)c1ccc(C(=O)N[C@H]2CCCNC2)o1. The molecule has 7 heteroatoms. The molecule has 0 saturated carbocycles. The predicted octanol–water partition coefficient (Wildman–Crippen LogP) is 0.165. The van der Waals surface area contributed by atoms with E-state index in [0.29, 0.717) is 0 Å². The third kappa shape index (κ3) is 3.11. The lowest BCUT2D eigenvalue weighted by atomic mass is 10.1. The molecule has 1 aromatic rings. The molecule has 2 N–H and O–H groups in total. The van der Waals surface area contributed by atoms with Crippen LogP contribution < -0.4 is 10.6 Å². The van der Waals surface area contributed by atoms with Crippen LogP contribution in [0.1, 0.15) is 23.4 Å². The minimum atomic E-state index is -3.41. The summed E-state index contributed by atoms with van der Waals surface area (Å²) in [5, 5.41) is 5.80. The molecule has 1 aromatic heterocycles. The molecule has 0 aliphatic carbocycles. The Hall–Kier alpha value is -1.34. The third-order valence-corrected chi connectivity index (χ3v) is 3.75. The summed E-state index contributed by atoms with van der Waals surface area (Å²) in [6.07, 6.45) is 2.97. The number of rotatable bonds is 3. The summed E-state index contributed by atoms with van der Waals surface area (Å²) in [4.78, 5) is 11.8. The fourth-order valence-electron chi connectivity index (χ4n) is 1.87. The van der Waals surface area contributed by atoms with Gasteiger partial charge in [0.05, 0.1) is 0 Å². The zero-order valence-electron chi connectivity index (χ0n) is 10.1. The summed E-state index contributed by atoms with van der Waals surface area (Å²) in [7, 11) is -3.41. The number of carbonyl (C=O) groups excluding carboxylic acids is 1. The molecule has 2 rings (SSSR count). The Kier molecular flexibility index (Phi) is 3.72. The molecule has 0 spiro atoms. The van der Waals surface area contributed by atoms with Gasteiger partial charge in [0.15, 0.2) is 5.76 Å². The maximum atomic E-state index is 11.8.